The number of esters is 1. The number of carbonyl (C=O) groups is 3. The van der Waals surface area contributed by atoms with E-state index in [1.54, 1.807) is 12.1 Å². The molecule has 15 heteroatoms. The number of aromatic nitrogens is 4. The van der Waals surface area contributed by atoms with E-state index in [0.717, 1.165) is 45.7 Å². The second-order valence-corrected chi connectivity index (χ2v) is 9.57. The van der Waals surface area contributed by atoms with Crippen LogP contribution in [0, 0.1) is 12.7 Å². The van der Waals surface area contributed by atoms with Gasteiger partial charge in [-0.25, -0.2) is 23.5 Å². The van der Waals surface area contributed by atoms with Crippen LogP contribution >= 0.6 is 0 Å². The van der Waals surface area contributed by atoms with Crippen LogP contribution in [0.5, 0.6) is 0 Å². The van der Waals surface area contributed by atoms with E-state index >= 15 is 0 Å². The molecule has 3 heterocycles. The number of fused-ring (bicyclic) bond motifs is 2. The second kappa shape index (κ2) is 14.1. The van der Waals surface area contributed by atoms with Crippen molar-refractivity contribution < 1.29 is 41.8 Å². The van der Waals surface area contributed by atoms with E-state index in [9.17, 15) is 37.1 Å². The van der Waals surface area contributed by atoms with Gasteiger partial charge in [0.2, 0.25) is 0 Å². The van der Waals surface area contributed by atoms with Gasteiger partial charge in [0.1, 0.15) is 18.0 Å². The summed E-state index contributed by atoms with van der Waals surface area (Å²) in [6.45, 7) is 5.66. The maximum Gasteiger partial charge on any atom is 0.433 e. The van der Waals surface area contributed by atoms with Crippen LogP contribution in [0.15, 0.2) is 55.4 Å². The Morgan fingerprint density at radius 1 is 1.22 bits per heavy atom. The number of rotatable bonds is 7. The van der Waals surface area contributed by atoms with Crippen molar-refractivity contribution in [2.24, 2.45) is 5.73 Å². The van der Waals surface area contributed by atoms with Crippen LogP contribution in [0.1, 0.15) is 79.2 Å². The van der Waals surface area contributed by atoms with Gasteiger partial charge in [0.25, 0.3) is 5.91 Å². The average molecular weight is 631 g/mol. The fourth-order valence-electron chi connectivity index (χ4n) is 4.62. The number of benzene rings is 1. The molecule has 1 aromatic carbocycles. The summed E-state index contributed by atoms with van der Waals surface area (Å²) in [7, 11) is 0. The Kier molecular flexibility index (Phi) is 10.7. The van der Waals surface area contributed by atoms with E-state index in [1.807, 2.05) is 6.92 Å². The van der Waals surface area contributed by atoms with Gasteiger partial charge >= 0.3 is 18.1 Å². The topological polar surface area (TPSA) is 162 Å². The van der Waals surface area contributed by atoms with Crippen molar-refractivity contribution in [3.05, 3.63) is 106 Å². The molecule has 4 N–H and O–H groups in total. The molecule has 0 aliphatic heterocycles. The van der Waals surface area contributed by atoms with Gasteiger partial charge in [-0.3, -0.25) is 9.78 Å². The fraction of sp³-hybridized carbons (Fsp3) is 0.267. The van der Waals surface area contributed by atoms with E-state index in [-0.39, 0.29) is 38.0 Å². The third-order valence-corrected chi connectivity index (χ3v) is 6.78. The molecule has 1 aliphatic rings. The number of nitrogens with one attached hydrogen (secondary N) is 1. The van der Waals surface area contributed by atoms with Crippen LogP contribution in [0.4, 0.5) is 17.6 Å². The third-order valence-electron chi connectivity index (χ3n) is 6.78. The SMILES string of the molecule is C.C=CCOC(=O)c1ccc2c(c1C)CC[C@@H]2NC(=O)c1cc(C(=O)O)nc2c(F)cnn12.NCc1ccc(C(F)(F)F)nc1. The molecule has 1 atom stereocenters. The molecule has 3 aromatic heterocycles. The number of carbonyl (C=O) groups excluding carboxylic acids is 2. The number of carboxylic acid groups (broad SMARTS) is 1. The predicted molar refractivity (Wildman–Crippen MR) is 154 cm³/mol. The van der Waals surface area contributed by atoms with Crippen molar-refractivity contribution in [1.29, 1.82) is 0 Å². The van der Waals surface area contributed by atoms with Crippen LogP contribution in [-0.4, -0.2) is 49.1 Å². The smallest absolute Gasteiger partial charge is 0.433 e. The maximum atomic E-state index is 13.9. The summed E-state index contributed by atoms with van der Waals surface area (Å²) in [5.74, 6) is -3.29. The first kappa shape index (κ1) is 34.3. The lowest BCUT2D eigenvalue weighted by Crippen LogP contribution is -2.29. The van der Waals surface area contributed by atoms with Gasteiger partial charge in [-0.05, 0) is 54.2 Å². The average Bonchev–Trinajstić information content (AvgIpc) is 3.59. The molecule has 11 nitrogen and oxygen atoms in total. The number of alkyl halides is 3. The highest BCUT2D eigenvalue weighted by Gasteiger charge is 2.32. The number of carboxylic acids is 1. The summed E-state index contributed by atoms with van der Waals surface area (Å²) >= 11 is 0. The lowest BCUT2D eigenvalue weighted by molar-refractivity contribution is -0.141. The highest BCUT2D eigenvalue weighted by Crippen LogP contribution is 2.35. The monoisotopic (exact) mass is 630 g/mol. The molecule has 1 aliphatic carbocycles. The zero-order valence-electron chi connectivity index (χ0n) is 23.2. The van der Waals surface area contributed by atoms with E-state index in [0.29, 0.717) is 24.0 Å². The van der Waals surface area contributed by atoms with Crippen molar-refractivity contribution >= 4 is 23.5 Å². The van der Waals surface area contributed by atoms with Crippen LogP contribution in [0.25, 0.3) is 5.65 Å². The van der Waals surface area contributed by atoms with Crippen LogP contribution in [0.2, 0.25) is 0 Å². The molecule has 0 saturated heterocycles. The molecule has 0 fully saturated rings. The van der Waals surface area contributed by atoms with Crippen molar-refractivity contribution in [1.82, 2.24) is 24.9 Å². The van der Waals surface area contributed by atoms with Crippen molar-refractivity contribution in [2.75, 3.05) is 6.61 Å². The largest absolute Gasteiger partial charge is 0.477 e. The summed E-state index contributed by atoms with van der Waals surface area (Å²) in [5, 5.41) is 15.9. The standard InChI is InChI=1S/C22H19FN4O5.C7H7F3N2.CH4/c1-3-8-32-22(31)13-4-5-14-12(11(13)2)6-7-16(14)26-20(28)18-9-17(21(29)30)25-19-15(23)10-24-27(18)19;8-7(9,10)6-2-1-5(3-11)4-12-6;/h3-5,9-10,16H,1,6-8H2,2H3,(H,26,28)(H,29,30);1-2,4H,3,11H2;1H4/t16-;;/m0../s1. The first-order valence-electron chi connectivity index (χ1n) is 13.1. The van der Waals surface area contributed by atoms with E-state index in [2.05, 4.69) is 27.0 Å². The van der Waals surface area contributed by atoms with Gasteiger partial charge in [0.05, 0.1) is 17.8 Å². The minimum atomic E-state index is -4.37. The number of amides is 1. The minimum Gasteiger partial charge on any atom is -0.477 e. The van der Waals surface area contributed by atoms with Crippen molar-refractivity contribution in [3.63, 3.8) is 0 Å². The zero-order valence-corrected chi connectivity index (χ0v) is 23.2. The number of pyridine rings is 1. The molecule has 5 rings (SSSR count). The molecule has 1 amide bonds. The summed E-state index contributed by atoms with van der Waals surface area (Å²) in [6.07, 6.45) is 0.336. The molecule has 0 unspecified atom stereocenters. The van der Waals surface area contributed by atoms with Gasteiger partial charge < -0.3 is 20.9 Å². The Labute approximate surface area is 254 Å². The summed E-state index contributed by atoms with van der Waals surface area (Å²) < 4.78 is 55.8. The molecule has 45 heavy (non-hydrogen) atoms. The van der Waals surface area contributed by atoms with E-state index in [4.69, 9.17) is 10.5 Å². The van der Waals surface area contributed by atoms with Crippen molar-refractivity contribution in [2.45, 2.75) is 46.0 Å². The van der Waals surface area contributed by atoms with Gasteiger partial charge in [0, 0.05) is 18.8 Å². The fourth-order valence-corrected chi connectivity index (χ4v) is 4.62. The molecule has 0 saturated carbocycles. The molecule has 4 aromatic rings. The zero-order chi connectivity index (χ0) is 32.2. The lowest BCUT2D eigenvalue weighted by Gasteiger charge is -2.16. The summed E-state index contributed by atoms with van der Waals surface area (Å²) in [5.41, 5.74) is 6.95. The van der Waals surface area contributed by atoms with Crippen molar-refractivity contribution in [3.8, 4) is 0 Å². The Morgan fingerprint density at radius 3 is 2.56 bits per heavy atom. The van der Waals surface area contributed by atoms with Gasteiger partial charge in [-0.1, -0.05) is 32.2 Å². The molecule has 0 bridgehead atoms. The number of hydrogen-bond acceptors (Lipinski definition) is 8. The highest BCUT2D eigenvalue weighted by atomic mass is 19.4. The molecular formula is C30H30F4N6O5. The summed E-state index contributed by atoms with van der Waals surface area (Å²) in [6, 6.07) is 6.34. The second-order valence-electron chi connectivity index (χ2n) is 9.57. The first-order chi connectivity index (χ1) is 20.8. The number of nitrogens with zero attached hydrogens (tertiary/aromatic N) is 4. The molecule has 0 radical (unpaired) electrons. The maximum absolute atomic E-state index is 13.9. The normalized spacial score (nSPS) is 13.6. The number of aromatic carboxylic acids is 1. The minimum absolute atomic E-state index is 0. The lowest BCUT2D eigenvalue weighted by atomic mass is 9.98. The molecular weight excluding hydrogens is 600 g/mol. The van der Waals surface area contributed by atoms with E-state index in [1.165, 1.54) is 12.1 Å². The Balaban J connectivity index is 0.000000359. The molecule has 0 spiro atoms. The van der Waals surface area contributed by atoms with Gasteiger partial charge in [-0.2, -0.15) is 18.3 Å². The van der Waals surface area contributed by atoms with E-state index < -0.39 is 41.2 Å². The van der Waals surface area contributed by atoms with Gasteiger partial charge in [0.15, 0.2) is 17.2 Å². The van der Waals surface area contributed by atoms with Crippen LogP contribution in [-0.2, 0) is 23.9 Å². The number of halogens is 4. The third kappa shape index (κ3) is 7.49. The van der Waals surface area contributed by atoms with Crippen LogP contribution in [0.3, 0.4) is 0 Å². The quantitative estimate of drug-likeness (QED) is 0.148. The van der Waals surface area contributed by atoms with Crippen LogP contribution < -0.4 is 11.1 Å². The first-order valence-corrected chi connectivity index (χ1v) is 13.1. The number of ether oxygens (including phenoxy) is 1. The Hall–Kier alpha value is -5.18. The predicted octanol–water partition coefficient (Wildman–Crippen LogP) is 4.83. The van der Waals surface area contributed by atoms with Gasteiger partial charge in [-0.15, -0.1) is 0 Å². The Bertz CT molecular complexity index is 1740. The number of hydrogen-bond donors (Lipinski definition) is 3. The summed E-state index contributed by atoms with van der Waals surface area (Å²) in [4.78, 5) is 43.5. The number of nitrogens with two attached hydrogens (primary N) is 1. The Morgan fingerprint density at radius 2 is 1.96 bits per heavy atom. The molecule has 238 valence electrons. The highest BCUT2D eigenvalue weighted by molar-refractivity contribution is 5.96.